The Morgan fingerprint density at radius 1 is 1.30 bits per heavy atom. The fraction of sp³-hybridized carbons (Fsp3) is 0.467. The Kier molecular flexibility index (Phi) is 4.61. The van der Waals surface area contributed by atoms with Gasteiger partial charge in [-0.25, -0.2) is 5.43 Å². The molecule has 0 bridgehead atoms. The molecule has 0 aromatic heterocycles. The quantitative estimate of drug-likeness (QED) is 0.898. The minimum Gasteiger partial charge on any atom is -0.493 e. The molecule has 0 spiro atoms. The van der Waals surface area contributed by atoms with E-state index in [1.54, 1.807) is 7.11 Å². The second-order valence-corrected chi connectivity index (χ2v) is 5.16. The molecule has 0 fully saturated rings. The molecule has 1 heterocycles. The summed E-state index contributed by atoms with van der Waals surface area (Å²) in [6.07, 6.45) is 1.11. The number of hydrogen-bond donors (Lipinski definition) is 1. The van der Waals surface area contributed by atoms with E-state index in [2.05, 4.69) is 24.4 Å². The first-order chi connectivity index (χ1) is 9.60. The molecule has 0 atom stereocenters. The molecule has 1 amide bonds. The van der Waals surface area contributed by atoms with Gasteiger partial charge in [-0.15, -0.1) is 0 Å². The summed E-state index contributed by atoms with van der Waals surface area (Å²) in [7, 11) is 1.62. The molecule has 0 radical (unpaired) electrons. The first-order valence-electron chi connectivity index (χ1n) is 6.76. The van der Waals surface area contributed by atoms with Gasteiger partial charge in [0.05, 0.1) is 19.4 Å². The van der Waals surface area contributed by atoms with Crippen molar-refractivity contribution in [3.05, 3.63) is 23.8 Å². The van der Waals surface area contributed by atoms with Crippen LogP contribution in [0.3, 0.4) is 0 Å². The lowest BCUT2D eigenvalue weighted by molar-refractivity contribution is -0.121. The second-order valence-electron chi connectivity index (χ2n) is 5.16. The van der Waals surface area contributed by atoms with Crippen LogP contribution in [0.5, 0.6) is 11.5 Å². The van der Waals surface area contributed by atoms with Gasteiger partial charge in [-0.05, 0) is 24.1 Å². The zero-order valence-electron chi connectivity index (χ0n) is 12.1. The molecule has 1 aromatic carbocycles. The average Bonchev–Trinajstić information content (AvgIpc) is 2.45. The maximum Gasteiger partial charge on any atom is 0.240 e. The van der Waals surface area contributed by atoms with Crippen LogP contribution in [-0.4, -0.2) is 25.3 Å². The van der Waals surface area contributed by atoms with Gasteiger partial charge in [0.15, 0.2) is 11.5 Å². The van der Waals surface area contributed by atoms with E-state index in [0.29, 0.717) is 36.9 Å². The van der Waals surface area contributed by atoms with Gasteiger partial charge >= 0.3 is 0 Å². The van der Waals surface area contributed by atoms with Crippen LogP contribution in [0.15, 0.2) is 23.3 Å². The topological polar surface area (TPSA) is 59.9 Å². The Morgan fingerprint density at radius 3 is 2.70 bits per heavy atom. The molecule has 0 aliphatic carbocycles. The van der Waals surface area contributed by atoms with Gasteiger partial charge in [0.1, 0.15) is 0 Å². The molecule has 20 heavy (non-hydrogen) atoms. The van der Waals surface area contributed by atoms with E-state index >= 15 is 0 Å². The van der Waals surface area contributed by atoms with Crippen molar-refractivity contribution in [2.75, 3.05) is 13.7 Å². The highest BCUT2D eigenvalue weighted by Crippen LogP contribution is 2.29. The number of nitrogens with zero attached hydrogens (tertiary/aromatic N) is 1. The number of rotatable bonds is 5. The number of carbonyl (C=O) groups is 1. The third-order valence-electron chi connectivity index (χ3n) is 2.97. The van der Waals surface area contributed by atoms with E-state index in [0.717, 1.165) is 11.3 Å². The Bertz CT molecular complexity index is 524. The number of methoxy groups -OCH3 is 1. The fourth-order valence-corrected chi connectivity index (χ4v) is 1.91. The van der Waals surface area contributed by atoms with Gasteiger partial charge in [0.2, 0.25) is 5.91 Å². The van der Waals surface area contributed by atoms with Crippen molar-refractivity contribution in [3.8, 4) is 11.5 Å². The molecule has 1 N–H and O–H groups in total. The lowest BCUT2D eigenvalue weighted by atomic mass is 10.0. The Morgan fingerprint density at radius 2 is 2.10 bits per heavy atom. The molecule has 1 aliphatic heterocycles. The summed E-state index contributed by atoms with van der Waals surface area (Å²) in [5, 5.41) is 4.09. The van der Waals surface area contributed by atoms with Gasteiger partial charge in [-0.2, -0.15) is 5.10 Å². The third kappa shape index (κ3) is 3.50. The summed E-state index contributed by atoms with van der Waals surface area (Å²) in [4.78, 5) is 11.1. The highest BCUT2D eigenvalue weighted by Gasteiger charge is 2.15. The zero-order valence-corrected chi connectivity index (χ0v) is 12.1. The van der Waals surface area contributed by atoms with Gasteiger partial charge in [0.25, 0.3) is 0 Å². The largest absolute Gasteiger partial charge is 0.493 e. The molecular formula is C15H20N2O3. The minimum atomic E-state index is -0.0430. The molecule has 5 heteroatoms. The molecule has 1 aliphatic rings. The summed E-state index contributed by atoms with van der Waals surface area (Å²) in [5.41, 5.74) is 4.32. The lowest BCUT2D eigenvalue weighted by Crippen LogP contribution is -2.25. The monoisotopic (exact) mass is 276 g/mol. The molecule has 0 saturated carbocycles. The highest BCUT2D eigenvalue weighted by atomic mass is 16.5. The van der Waals surface area contributed by atoms with Crippen LogP contribution in [0.25, 0.3) is 0 Å². The number of hydrazone groups is 1. The summed E-state index contributed by atoms with van der Waals surface area (Å²) in [5.74, 6) is 1.81. The first kappa shape index (κ1) is 14.4. The number of hydrogen-bond acceptors (Lipinski definition) is 4. The van der Waals surface area contributed by atoms with Gasteiger partial charge in [-0.1, -0.05) is 13.8 Å². The fourth-order valence-electron chi connectivity index (χ4n) is 1.91. The van der Waals surface area contributed by atoms with Crippen molar-refractivity contribution >= 4 is 11.6 Å². The van der Waals surface area contributed by atoms with E-state index in [-0.39, 0.29) is 5.91 Å². The molecule has 108 valence electrons. The number of amides is 1. The van der Waals surface area contributed by atoms with Gasteiger partial charge < -0.3 is 9.47 Å². The van der Waals surface area contributed by atoms with Crippen molar-refractivity contribution in [1.29, 1.82) is 0 Å². The van der Waals surface area contributed by atoms with Crippen LogP contribution in [0, 0.1) is 5.92 Å². The first-order valence-corrected chi connectivity index (χ1v) is 6.76. The van der Waals surface area contributed by atoms with Crippen LogP contribution < -0.4 is 14.9 Å². The van der Waals surface area contributed by atoms with Gasteiger partial charge in [-0.3, -0.25) is 4.79 Å². The molecule has 5 nitrogen and oxygen atoms in total. The standard InChI is InChI=1S/C15H20N2O3/c1-10(2)9-20-14-8-11(4-6-13(14)19-3)12-5-7-15(18)17-16-12/h4,6,8,10H,5,7,9H2,1-3H3,(H,17,18). The predicted molar refractivity (Wildman–Crippen MR) is 77.2 cm³/mol. The normalized spacial score (nSPS) is 14.8. The van der Waals surface area contributed by atoms with Crippen molar-refractivity contribution in [2.24, 2.45) is 11.0 Å². The summed E-state index contributed by atoms with van der Waals surface area (Å²) in [6, 6.07) is 5.71. The average molecular weight is 276 g/mol. The number of benzene rings is 1. The summed E-state index contributed by atoms with van der Waals surface area (Å²) >= 11 is 0. The van der Waals surface area contributed by atoms with E-state index in [1.165, 1.54) is 0 Å². The van der Waals surface area contributed by atoms with Crippen LogP contribution in [0.2, 0.25) is 0 Å². The third-order valence-corrected chi connectivity index (χ3v) is 2.97. The SMILES string of the molecule is COc1ccc(C2=NNC(=O)CC2)cc1OCC(C)C. The van der Waals surface area contributed by atoms with Crippen LogP contribution in [0.1, 0.15) is 32.3 Å². The zero-order chi connectivity index (χ0) is 14.5. The van der Waals surface area contributed by atoms with Crippen LogP contribution >= 0.6 is 0 Å². The molecule has 1 aromatic rings. The minimum absolute atomic E-state index is 0.0430. The predicted octanol–water partition coefficient (Wildman–Crippen LogP) is 2.34. The van der Waals surface area contributed by atoms with Crippen molar-refractivity contribution in [2.45, 2.75) is 26.7 Å². The molecule has 0 saturated heterocycles. The van der Waals surface area contributed by atoms with Crippen molar-refractivity contribution in [1.82, 2.24) is 5.43 Å². The maximum atomic E-state index is 11.1. The number of nitrogens with one attached hydrogen (secondary N) is 1. The highest BCUT2D eigenvalue weighted by molar-refractivity contribution is 6.04. The summed E-state index contributed by atoms with van der Waals surface area (Å²) < 4.78 is 11.1. The Hall–Kier alpha value is -2.04. The number of carbonyl (C=O) groups excluding carboxylic acids is 1. The molecule has 2 rings (SSSR count). The maximum absolute atomic E-state index is 11.1. The second kappa shape index (κ2) is 6.41. The lowest BCUT2D eigenvalue weighted by Gasteiger charge is -2.16. The summed E-state index contributed by atoms with van der Waals surface area (Å²) in [6.45, 7) is 4.82. The number of ether oxygens (including phenoxy) is 2. The van der Waals surface area contributed by atoms with E-state index in [1.807, 2.05) is 18.2 Å². The van der Waals surface area contributed by atoms with E-state index in [4.69, 9.17) is 9.47 Å². The molecule has 0 unspecified atom stereocenters. The van der Waals surface area contributed by atoms with Crippen molar-refractivity contribution < 1.29 is 14.3 Å². The van der Waals surface area contributed by atoms with Gasteiger partial charge in [0, 0.05) is 18.4 Å². The van der Waals surface area contributed by atoms with Crippen molar-refractivity contribution in [3.63, 3.8) is 0 Å². The smallest absolute Gasteiger partial charge is 0.240 e. The van der Waals surface area contributed by atoms with Crippen LogP contribution in [0.4, 0.5) is 0 Å². The van der Waals surface area contributed by atoms with E-state index in [9.17, 15) is 4.79 Å². The van der Waals surface area contributed by atoms with E-state index < -0.39 is 0 Å². The Labute approximate surface area is 119 Å². The van der Waals surface area contributed by atoms with Crippen LogP contribution in [-0.2, 0) is 4.79 Å². The Balaban J connectivity index is 2.22. The molecular weight excluding hydrogens is 256 g/mol.